The molecule has 1 heterocycles. The van der Waals surface area contributed by atoms with Crippen molar-refractivity contribution in [3.8, 4) is 0 Å². The standard InChI is InChI=1S/C20H24N2O2S.ClH/c23-20(19-11-4-5-12-21-19)22-18-10-6-9-17(13-18)15-25(24)14-16-7-2-1-3-8-16;/h1-3,6-10,13,19,21H,4-5,11-12,14-15H2,(H,22,23);1H. The quantitative estimate of drug-likeness (QED) is 0.789. The van der Waals surface area contributed by atoms with Gasteiger partial charge in [-0.2, -0.15) is 0 Å². The molecule has 1 saturated heterocycles. The normalized spacial score (nSPS) is 17.8. The average Bonchev–Trinajstić information content (AvgIpc) is 2.63. The molecule has 1 fully saturated rings. The first-order valence-corrected chi connectivity index (χ1v) is 10.2. The molecule has 2 N–H and O–H groups in total. The average molecular weight is 393 g/mol. The molecule has 1 aliphatic heterocycles. The van der Waals surface area contributed by atoms with E-state index >= 15 is 0 Å². The highest BCUT2D eigenvalue weighted by Crippen LogP contribution is 2.16. The molecule has 6 heteroatoms. The Morgan fingerprint density at radius 3 is 2.50 bits per heavy atom. The molecule has 0 spiro atoms. The molecule has 2 aromatic rings. The number of hydrogen-bond donors (Lipinski definition) is 2. The number of nitrogens with one attached hydrogen (secondary N) is 2. The van der Waals surface area contributed by atoms with E-state index in [4.69, 9.17) is 0 Å². The van der Waals surface area contributed by atoms with Crippen LogP contribution in [0.25, 0.3) is 0 Å². The van der Waals surface area contributed by atoms with Gasteiger partial charge in [-0.3, -0.25) is 9.00 Å². The summed E-state index contributed by atoms with van der Waals surface area (Å²) in [6.45, 7) is 0.899. The summed E-state index contributed by atoms with van der Waals surface area (Å²) in [4.78, 5) is 12.3. The first-order chi connectivity index (χ1) is 12.2. The Balaban J connectivity index is 0.00000243. The third-order valence-corrected chi connectivity index (χ3v) is 5.63. The number of halogens is 1. The summed E-state index contributed by atoms with van der Waals surface area (Å²) in [6.07, 6.45) is 3.10. The molecular formula is C20H25ClN2O2S. The minimum Gasteiger partial charge on any atom is -0.325 e. The van der Waals surface area contributed by atoms with Crippen molar-refractivity contribution < 1.29 is 9.00 Å². The number of anilines is 1. The van der Waals surface area contributed by atoms with Crippen LogP contribution in [-0.2, 0) is 27.1 Å². The molecule has 1 aliphatic rings. The number of piperidine rings is 1. The smallest absolute Gasteiger partial charge is 0.241 e. The zero-order valence-electron chi connectivity index (χ0n) is 14.6. The van der Waals surface area contributed by atoms with E-state index in [0.717, 1.165) is 42.6 Å². The first kappa shape index (κ1) is 20.6. The van der Waals surface area contributed by atoms with Crippen LogP contribution in [0.4, 0.5) is 5.69 Å². The second-order valence-electron chi connectivity index (χ2n) is 6.41. The van der Waals surface area contributed by atoms with Gasteiger partial charge in [-0.1, -0.05) is 48.9 Å². The molecule has 3 rings (SSSR count). The van der Waals surface area contributed by atoms with Crippen LogP contribution in [0.5, 0.6) is 0 Å². The lowest BCUT2D eigenvalue weighted by Gasteiger charge is -2.22. The zero-order valence-corrected chi connectivity index (χ0v) is 16.3. The van der Waals surface area contributed by atoms with E-state index in [2.05, 4.69) is 10.6 Å². The topological polar surface area (TPSA) is 58.2 Å². The van der Waals surface area contributed by atoms with Crippen molar-refractivity contribution in [3.05, 3.63) is 65.7 Å². The summed E-state index contributed by atoms with van der Waals surface area (Å²) in [5, 5.41) is 6.23. The van der Waals surface area contributed by atoms with Gasteiger partial charge in [0.15, 0.2) is 0 Å². The van der Waals surface area contributed by atoms with E-state index < -0.39 is 10.8 Å². The third-order valence-electron chi connectivity index (χ3n) is 4.32. The molecule has 140 valence electrons. The highest BCUT2D eigenvalue weighted by molar-refractivity contribution is 7.83. The van der Waals surface area contributed by atoms with Crippen LogP contribution in [0.3, 0.4) is 0 Å². The summed E-state index contributed by atoms with van der Waals surface area (Å²) in [5.41, 5.74) is 2.82. The van der Waals surface area contributed by atoms with Gasteiger partial charge in [0.25, 0.3) is 0 Å². The fraction of sp³-hybridized carbons (Fsp3) is 0.350. The maximum Gasteiger partial charge on any atom is 0.241 e. The van der Waals surface area contributed by atoms with E-state index in [-0.39, 0.29) is 24.4 Å². The van der Waals surface area contributed by atoms with Gasteiger partial charge in [0.05, 0.1) is 6.04 Å². The van der Waals surface area contributed by atoms with Crippen LogP contribution in [-0.4, -0.2) is 22.7 Å². The number of carbonyl (C=O) groups is 1. The minimum atomic E-state index is -0.972. The van der Waals surface area contributed by atoms with Crippen molar-refractivity contribution in [2.75, 3.05) is 11.9 Å². The van der Waals surface area contributed by atoms with E-state index in [9.17, 15) is 9.00 Å². The predicted molar refractivity (Wildman–Crippen MR) is 110 cm³/mol. The summed E-state index contributed by atoms with van der Waals surface area (Å²) in [5.74, 6) is 1.05. The zero-order chi connectivity index (χ0) is 17.5. The van der Waals surface area contributed by atoms with E-state index in [1.807, 2.05) is 54.6 Å². The SMILES string of the molecule is Cl.O=C(Nc1cccc(CS(=O)Cc2ccccc2)c1)C1CCCCN1. The molecule has 2 unspecified atom stereocenters. The van der Waals surface area contributed by atoms with Gasteiger partial charge in [-0.25, -0.2) is 0 Å². The maximum atomic E-state index is 12.4. The molecule has 0 aromatic heterocycles. The number of amides is 1. The van der Waals surface area contributed by atoms with Crippen molar-refractivity contribution in [2.45, 2.75) is 36.8 Å². The Kier molecular flexibility index (Phi) is 8.29. The molecule has 0 radical (unpaired) electrons. The van der Waals surface area contributed by atoms with Crippen LogP contribution in [0.1, 0.15) is 30.4 Å². The Bertz CT molecular complexity index is 734. The van der Waals surface area contributed by atoms with Crippen LogP contribution in [0.2, 0.25) is 0 Å². The van der Waals surface area contributed by atoms with Crippen molar-refractivity contribution in [1.82, 2.24) is 5.32 Å². The van der Waals surface area contributed by atoms with Crippen molar-refractivity contribution >= 4 is 34.8 Å². The fourth-order valence-corrected chi connectivity index (χ4v) is 4.26. The van der Waals surface area contributed by atoms with Gasteiger partial charge in [-0.05, 0) is 42.6 Å². The lowest BCUT2D eigenvalue weighted by atomic mass is 10.0. The molecule has 0 saturated carbocycles. The molecule has 1 amide bonds. The number of carbonyl (C=O) groups excluding carboxylic acids is 1. The molecular weight excluding hydrogens is 368 g/mol. The number of benzene rings is 2. The van der Waals surface area contributed by atoms with E-state index in [1.54, 1.807) is 0 Å². The van der Waals surface area contributed by atoms with Gasteiger partial charge in [0, 0.05) is 28.0 Å². The second kappa shape index (κ2) is 10.5. The van der Waals surface area contributed by atoms with Gasteiger partial charge in [0.2, 0.25) is 5.91 Å². The van der Waals surface area contributed by atoms with Crippen molar-refractivity contribution in [2.24, 2.45) is 0 Å². The summed E-state index contributed by atoms with van der Waals surface area (Å²) >= 11 is 0. The molecule has 0 bridgehead atoms. The van der Waals surface area contributed by atoms with Crippen LogP contribution in [0, 0.1) is 0 Å². The van der Waals surface area contributed by atoms with Gasteiger partial charge < -0.3 is 10.6 Å². The third kappa shape index (κ3) is 6.24. The van der Waals surface area contributed by atoms with Crippen molar-refractivity contribution in [3.63, 3.8) is 0 Å². The summed E-state index contributed by atoms with van der Waals surface area (Å²) < 4.78 is 12.4. The van der Waals surface area contributed by atoms with Crippen LogP contribution < -0.4 is 10.6 Å². The molecule has 4 nitrogen and oxygen atoms in total. The summed E-state index contributed by atoms with van der Waals surface area (Å²) in [7, 11) is -0.972. The van der Waals surface area contributed by atoms with E-state index in [1.165, 1.54) is 0 Å². The van der Waals surface area contributed by atoms with E-state index in [0.29, 0.717) is 11.5 Å². The fourth-order valence-electron chi connectivity index (χ4n) is 3.04. The maximum absolute atomic E-state index is 12.4. The Labute approximate surface area is 163 Å². The second-order valence-corrected chi connectivity index (χ2v) is 7.86. The molecule has 26 heavy (non-hydrogen) atoms. The Morgan fingerprint density at radius 1 is 1.04 bits per heavy atom. The number of hydrogen-bond acceptors (Lipinski definition) is 3. The largest absolute Gasteiger partial charge is 0.325 e. The summed E-state index contributed by atoms with van der Waals surface area (Å²) in [6, 6.07) is 17.4. The van der Waals surface area contributed by atoms with Crippen molar-refractivity contribution in [1.29, 1.82) is 0 Å². The first-order valence-electron chi connectivity index (χ1n) is 8.73. The van der Waals surface area contributed by atoms with Crippen LogP contribution >= 0.6 is 12.4 Å². The molecule has 2 aromatic carbocycles. The highest BCUT2D eigenvalue weighted by Gasteiger charge is 2.20. The van der Waals surface area contributed by atoms with Gasteiger partial charge in [-0.15, -0.1) is 12.4 Å². The number of rotatable bonds is 6. The monoisotopic (exact) mass is 392 g/mol. The Hall–Kier alpha value is -1.69. The minimum absolute atomic E-state index is 0. The lowest BCUT2D eigenvalue weighted by Crippen LogP contribution is -2.43. The van der Waals surface area contributed by atoms with Crippen LogP contribution in [0.15, 0.2) is 54.6 Å². The van der Waals surface area contributed by atoms with Gasteiger partial charge >= 0.3 is 0 Å². The molecule has 2 atom stereocenters. The highest BCUT2D eigenvalue weighted by atomic mass is 35.5. The van der Waals surface area contributed by atoms with Gasteiger partial charge in [0.1, 0.15) is 0 Å². The molecule has 0 aliphatic carbocycles. The predicted octanol–water partition coefficient (Wildman–Crippen LogP) is 3.64. The lowest BCUT2D eigenvalue weighted by molar-refractivity contribution is -0.118. The Morgan fingerprint density at radius 2 is 1.77 bits per heavy atom.